The van der Waals surface area contributed by atoms with Crippen LogP contribution in [0.25, 0.3) is 0 Å². The summed E-state index contributed by atoms with van der Waals surface area (Å²) in [6.07, 6.45) is 1.95. The van der Waals surface area contributed by atoms with Crippen molar-refractivity contribution < 1.29 is 0 Å². The van der Waals surface area contributed by atoms with Crippen molar-refractivity contribution in [2.75, 3.05) is 11.6 Å². The second kappa shape index (κ2) is 5.03. The van der Waals surface area contributed by atoms with Crippen LogP contribution in [0.3, 0.4) is 0 Å². The first-order valence-electron chi connectivity index (χ1n) is 5.04. The van der Waals surface area contributed by atoms with Crippen molar-refractivity contribution in [3.63, 3.8) is 0 Å². The number of aryl methyl sites for hydroxylation is 1. The minimum Gasteiger partial charge on any atom is -0.350 e. The van der Waals surface area contributed by atoms with Crippen LogP contribution in [0.1, 0.15) is 11.1 Å². The summed E-state index contributed by atoms with van der Waals surface area (Å²) in [5.74, 6) is 0.714. The molecule has 2 N–H and O–H groups in total. The summed E-state index contributed by atoms with van der Waals surface area (Å²) in [6.45, 7) is 2.84. The molecule has 0 aliphatic heterocycles. The number of H-pyrrole nitrogens is 1. The molecule has 5 heteroatoms. The van der Waals surface area contributed by atoms with Crippen LogP contribution in [0.15, 0.2) is 29.4 Å². The highest BCUT2D eigenvalue weighted by Gasteiger charge is 2.00. The van der Waals surface area contributed by atoms with Crippen LogP contribution in [0.2, 0.25) is 0 Å². The van der Waals surface area contributed by atoms with Crippen molar-refractivity contribution in [1.29, 1.82) is 0 Å². The Bertz CT molecular complexity index is 467. The third-order valence-electron chi connectivity index (χ3n) is 2.19. The van der Waals surface area contributed by atoms with E-state index >= 15 is 0 Å². The van der Waals surface area contributed by atoms with Gasteiger partial charge in [0, 0.05) is 6.54 Å². The van der Waals surface area contributed by atoms with E-state index in [0.717, 1.165) is 11.7 Å². The Hall–Kier alpha value is -1.49. The van der Waals surface area contributed by atoms with Gasteiger partial charge in [0.2, 0.25) is 11.1 Å². The molecule has 0 spiro atoms. The molecule has 0 radical (unpaired) electrons. The number of rotatable bonds is 4. The molecule has 0 aliphatic rings. The fourth-order valence-corrected chi connectivity index (χ4v) is 1.74. The van der Waals surface area contributed by atoms with E-state index in [4.69, 9.17) is 0 Å². The number of nitrogens with one attached hydrogen (secondary N) is 2. The number of benzene rings is 1. The van der Waals surface area contributed by atoms with E-state index in [-0.39, 0.29) is 0 Å². The molecule has 4 nitrogen and oxygen atoms in total. The van der Waals surface area contributed by atoms with E-state index in [2.05, 4.69) is 51.7 Å². The average molecular weight is 234 g/mol. The highest BCUT2D eigenvalue weighted by molar-refractivity contribution is 7.98. The Morgan fingerprint density at radius 2 is 2.31 bits per heavy atom. The first-order valence-corrected chi connectivity index (χ1v) is 6.26. The molecule has 1 heterocycles. The van der Waals surface area contributed by atoms with Crippen LogP contribution in [0.5, 0.6) is 0 Å². The lowest BCUT2D eigenvalue weighted by atomic mass is 10.1. The molecule has 1 aromatic carbocycles. The monoisotopic (exact) mass is 234 g/mol. The van der Waals surface area contributed by atoms with E-state index in [1.54, 1.807) is 0 Å². The topological polar surface area (TPSA) is 53.6 Å². The third kappa shape index (κ3) is 2.76. The zero-order chi connectivity index (χ0) is 11.4. The van der Waals surface area contributed by atoms with Crippen LogP contribution in [-0.2, 0) is 6.54 Å². The van der Waals surface area contributed by atoms with Gasteiger partial charge in [0.1, 0.15) is 0 Å². The molecule has 0 fully saturated rings. The number of hydrogen-bond donors (Lipinski definition) is 2. The molecule has 0 saturated carbocycles. The molecule has 0 aliphatic carbocycles. The number of anilines is 1. The fourth-order valence-electron chi connectivity index (χ4n) is 1.42. The lowest BCUT2D eigenvalue weighted by Gasteiger charge is -2.03. The molecule has 0 saturated heterocycles. The number of aromatic nitrogens is 3. The number of hydrogen-bond acceptors (Lipinski definition) is 4. The van der Waals surface area contributed by atoms with Crippen molar-refractivity contribution in [3.8, 4) is 0 Å². The summed E-state index contributed by atoms with van der Waals surface area (Å²) in [5, 5.41) is 10.8. The van der Waals surface area contributed by atoms with E-state index in [0.29, 0.717) is 5.95 Å². The lowest BCUT2D eigenvalue weighted by Crippen LogP contribution is -2.01. The second-order valence-corrected chi connectivity index (χ2v) is 4.29. The smallest absolute Gasteiger partial charge is 0.219 e. The molecule has 0 bridgehead atoms. The summed E-state index contributed by atoms with van der Waals surface area (Å²) in [5.41, 5.74) is 2.50. The minimum atomic E-state index is 0.714. The standard InChI is InChI=1S/C11H14N4S/c1-8-4-3-5-9(6-8)7-12-10-13-11(16-2)15-14-10/h3-6H,7H2,1-2H3,(H2,12,13,14,15). The van der Waals surface area contributed by atoms with Crippen molar-refractivity contribution in [2.45, 2.75) is 18.6 Å². The molecule has 84 valence electrons. The molecule has 0 unspecified atom stereocenters. The molecule has 1 aromatic heterocycles. The van der Waals surface area contributed by atoms with Crippen LogP contribution >= 0.6 is 11.8 Å². The second-order valence-electron chi connectivity index (χ2n) is 3.51. The summed E-state index contributed by atoms with van der Waals surface area (Å²) >= 11 is 1.52. The molecular weight excluding hydrogens is 220 g/mol. The van der Waals surface area contributed by atoms with Crippen LogP contribution in [-0.4, -0.2) is 21.4 Å². The van der Waals surface area contributed by atoms with E-state index < -0.39 is 0 Å². The minimum absolute atomic E-state index is 0.714. The summed E-state index contributed by atoms with van der Waals surface area (Å²) < 4.78 is 0. The SMILES string of the molecule is CSc1n[nH]c(NCc2cccc(C)c2)n1. The molecular formula is C11H14N4S. The Morgan fingerprint density at radius 3 is 3.00 bits per heavy atom. The van der Waals surface area contributed by atoms with Crippen LogP contribution in [0.4, 0.5) is 5.95 Å². The maximum Gasteiger partial charge on any atom is 0.219 e. The Kier molecular flexibility index (Phi) is 3.46. The maximum absolute atomic E-state index is 4.25. The normalized spacial score (nSPS) is 10.4. The van der Waals surface area contributed by atoms with Gasteiger partial charge in [-0.15, -0.1) is 5.10 Å². The maximum atomic E-state index is 4.25. The summed E-state index contributed by atoms with van der Waals surface area (Å²) in [6, 6.07) is 8.38. The molecule has 0 atom stereocenters. The lowest BCUT2D eigenvalue weighted by molar-refractivity contribution is 0.974. The molecule has 16 heavy (non-hydrogen) atoms. The zero-order valence-corrected chi connectivity index (χ0v) is 10.1. The van der Waals surface area contributed by atoms with Crippen LogP contribution < -0.4 is 5.32 Å². The van der Waals surface area contributed by atoms with Gasteiger partial charge in [0.25, 0.3) is 0 Å². The zero-order valence-electron chi connectivity index (χ0n) is 9.32. The van der Waals surface area contributed by atoms with Gasteiger partial charge in [-0.2, -0.15) is 4.98 Å². The van der Waals surface area contributed by atoms with Gasteiger partial charge >= 0.3 is 0 Å². The first kappa shape index (κ1) is 11.0. The number of aromatic amines is 1. The average Bonchev–Trinajstić information content (AvgIpc) is 2.74. The van der Waals surface area contributed by atoms with Crippen molar-refractivity contribution in [3.05, 3.63) is 35.4 Å². The highest BCUT2D eigenvalue weighted by Crippen LogP contribution is 2.11. The Morgan fingerprint density at radius 1 is 1.44 bits per heavy atom. The number of nitrogens with zero attached hydrogens (tertiary/aromatic N) is 2. The molecule has 2 rings (SSSR count). The predicted molar refractivity (Wildman–Crippen MR) is 66.7 cm³/mol. The molecule has 0 amide bonds. The van der Waals surface area contributed by atoms with Crippen LogP contribution in [0, 0.1) is 6.92 Å². The van der Waals surface area contributed by atoms with Gasteiger partial charge < -0.3 is 5.32 Å². The van der Waals surface area contributed by atoms with Gasteiger partial charge in [0.15, 0.2) is 0 Å². The van der Waals surface area contributed by atoms with Gasteiger partial charge in [0.05, 0.1) is 0 Å². The van der Waals surface area contributed by atoms with E-state index in [9.17, 15) is 0 Å². The summed E-state index contributed by atoms with van der Waals surface area (Å²) in [4.78, 5) is 4.25. The van der Waals surface area contributed by atoms with Crippen molar-refractivity contribution in [2.24, 2.45) is 0 Å². The fraction of sp³-hybridized carbons (Fsp3) is 0.273. The first-order chi connectivity index (χ1) is 7.78. The Labute approximate surface area is 98.9 Å². The van der Waals surface area contributed by atoms with Gasteiger partial charge in [-0.05, 0) is 18.7 Å². The van der Waals surface area contributed by atoms with Crippen molar-refractivity contribution in [1.82, 2.24) is 15.2 Å². The largest absolute Gasteiger partial charge is 0.350 e. The molecule has 2 aromatic rings. The Balaban J connectivity index is 1.96. The highest BCUT2D eigenvalue weighted by atomic mass is 32.2. The number of thioether (sulfide) groups is 1. The quantitative estimate of drug-likeness (QED) is 0.798. The van der Waals surface area contributed by atoms with Gasteiger partial charge in [-0.1, -0.05) is 41.6 Å². The van der Waals surface area contributed by atoms with E-state index in [1.165, 1.54) is 22.9 Å². The van der Waals surface area contributed by atoms with Crippen molar-refractivity contribution >= 4 is 17.7 Å². The third-order valence-corrected chi connectivity index (χ3v) is 2.74. The van der Waals surface area contributed by atoms with E-state index in [1.807, 2.05) is 6.26 Å². The predicted octanol–water partition coefficient (Wildman–Crippen LogP) is 2.45. The van der Waals surface area contributed by atoms with Gasteiger partial charge in [-0.3, -0.25) is 0 Å². The van der Waals surface area contributed by atoms with Gasteiger partial charge in [-0.25, -0.2) is 5.10 Å². The summed E-state index contributed by atoms with van der Waals surface area (Å²) in [7, 11) is 0.